The highest BCUT2D eigenvalue weighted by molar-refractivity contribution is 7.89. The maximum absolute atomic E-state index is 11.9. The second-order valence-electron chi connectivity index (χ2n) is 7.34. The molecule has 0 radical (unpaired) electrons. The van der Waals surface area contributed by atoms with E-state index in [4.69, 9.17) is 9.97 Å². The summed E-state index contributed by atoms with van der Waals surface area (Å²) in [4.78, 5) is 14.2. The van der Waals surface area contributed by atoms with Crippen molar-refractivity contribution in [3.8, 4) is 11.4 Å². The minimum Gasteiger partial charge on any atom is -0.324 e. The molecule has 4 rings (SSSR count). The molecule has 0 spiro atoms. The number of imidazole rings is 1. The van der Waals surface area contributed by atoms with Gasteiger partial charge in [-0.3, -0.25) is 0 Å². The first-order chi connectivity index (χ1) is 13.8. The Morgan fingerprint density at radius 2 is 1.83 bits per heavy atom. The molecule has 0 aliphatic heterocycles. The fourth-order valence-electron chi connectivity index (χ4n) is 3.73. The van der Waals surface area contributed by atoms with Crippen molar-refractivity contribution in [1.29, 1.82) is 0 Å². The summed E-state index contributed by atoms with van der Waals surface area (Å²) < 4.78 is 28.3. The van der Waals surface area contributed by atoms with Crippen LogP contribution in [0.4, 0.5) is 11.6 Å². The van der Waals surface area contributed by atoms with Crippen molar-refractivity contribution in [2.75, 3.05) is 12.4 Å². The third-order valence-electron chi connectivity index (χ3n) is 5.09. The van der Waals surface area contributed by atoms with E-state index >= 15 is 0 Å². The Hall–Kier alpha value is -2.78. The summed E-state index contributed by atoms with van der Waals surface area (Å²) in [6.07, 6.45) is 3.62. The molecule has 0 amide bonds. The van der Waals surface area contributed by atoms with Crippen LogP contribution in [0.15, 0.2) is 35.4 Å². The van der Waals surface area contributed by atoms with Crippen molar-refractivity contribution >= 4 is 21.7 Å². The molecule has 0 atom stereocenters. The zero-order chi connectivity index (χ0) is 20.8. The molecular weight excluding hydrogens is 388 g/mol. The van der Waals surface area contributed by atoms with Crippen LogP contribution in [-0.2, 0) is 22.9 Å². The minimum absolute atomic E-state index is 0.206. The Bertz CT molecular complexity index is 1170. The number of hydrogen-bond donors (Lipinski definition) is 2. The van der Waals surface area contributed by atoms with Gasteiger partial charge < -0.3 is 9.88 Å². The molecule has 1 aliphatic carbocycles. The van der Waals surface area contributed by atoms with Gasteiger partial charge in [0.05, 0.1) is 22.0 Å². The number of anilines is 2. The molecule has 0 bridgehead atoms. The van der Waals surface area contributed by atoms with Crippen LogP contribution in [-0.4, -0.2) is 35.0 Å². The van der Waals surface area contributed by atoms with Crippen molar-refractivity contribution in [1.82, 2.24) is 24.2 Å². The van der Waals surface area contributed by atoms with Crippen LogP contribution in [0.2, 0.25) is 0 Å². The highest BCUT2D eigenvalue weighted by atomic mass is 32.2. The lowest BCUT2D eigenvalue weighted by Crippen LogP contribution is -2.18. The molecule has 0 fully saturated rings. The van der Waals surface area contributed by atoms with Crippen molar-refractivity contribution in [3.63, 3.8) is 0 Å². The standard InChI is InChI=1S/C20H24N6O2S/c1-12(2)26-13(3)23-17-10-5-14-11-22-20(25-18(14)19(17)26)24-15-6-8-16(9-7-15)29(27,28)21-4/h6-9,11-12,21H,5,10H2,1-4H3,(H,22,24,25). The molecule has 2 heterocycles. The van der Waals surface area contributed by atoms with Gasteiger partial charge >= 0.3 is 0 Å². The predicted octanol–water partition coefficient (Wildman–Crippen LogP) is 2.98. The van der Waals surface area contributed by atoms with E-state index in [-0.39, 0.29) is 10.9 Å². The molecule has 29 heavy (non-hydrogen) atoms. The van der Waals surface area contributed by atoms with E-state index < -0.39 is 10.0 Å². The normalized spacial score (nSPS) is 13.3. The number of benzene rings is 1. The summed E-state index contributed by atoms with van der Waals surface area (Å²) in [5.41, 5.74) is 4.88. The number of rotatable bonds is 5. The first-order valence-electron chi connectivity index (χ1n) is 9.55. The molecule has 1 aliphatic rings. The number of sulfonamides is 1. The van der Waals surface area contributed by atoms with Crippen LogP contribution in [0.25, 0.3) is 11.4 Å². The molecule has 2 aromatic heterocycles. The monoisotopic (exact) mass is 412 g/mol. The first kappa shape index (κ1) is 19.5. The fraction of sp³-hybridized carbons (Fsp3) is 0.350. The Morgan fingerprint density at radius 1 is 1.10 bits per heavy atom. The highest BCUT2D eigenvalue weighted by Gasteiger charge is 2.26. The zero-order valence-electron chi connectivity index (χ0n) is 16.9. The van der Waals surface area contributed by atoms with Gasteiger partial charge in [-0.1, -0.05) is 0 Å². The summed E-state index contributed by atoms with van der Waals surface area (Å²) in [5, 5.41) is 3.17. The first-order valence-corrected chi connectivity index (χ1v) is 11.0. The lowest BCUT2D eigenvalue weighted by Gasteiger charge is -2.20. The van der Waals surface area contributed by atoms with Crippen LogP contribution in [0.5, 0.6) is 0 Å². The lowest BCUT2D eigenvalue weighted by atomic mass is 9.97. The third-order valence-corrected chi connectivity index (χ3v) is 6.52. The number of nitrogens with one attached hydrogen (secondary N) is 2. The molecule has 0 saturated carbocycles. The quantitative estimate of drug-likeness (QED) is 0.668. The summed E-state index contributed by atoms with van der Waals surface area (Å²) in [6, 6.07) is 6.76. The maximum Gasteiger partial charge on any atom is 0.240 e. The summed E-state index contributed by atoms with van der Waals surface area (Å²) in [6.45, 7) is 6.31. The van der Waals surface area contributed by atoms with Crippen LogP contribution >= 0.6 is 0 Å². The van der Waals surface area contributed by atoms with Crippen molar-refractivity contribution in [2.24, 2.45) is 0 Å². The molecule has 0 unspecified atom stereocenters. The fourth-order valence-corrected chi connectivity index (χ4v) is 4.46. The number of hydrogen-bond acceptors (Lipinski definition) is 6. The maximum atomic E-state index is 11.9. The van der Waals surface area contributed by atoms with Crippen molar-refractivity contribution in [3.05, 3.63) is 47.5 Å². The van der Waals surface area contributed by atoms with Crippen LogP contribution < -0.4 is 10.0 Å². The molecule has 0 saturated heterocycles. The summed E-state index contributed by atoms with van der Waals surface area (Å²) in [7, 11) is -2.07. The van der Waals surface area contributed by atoms with Crippen molar-refractivity contribution < 1.29 is 8.42 Å². The lowest BCUT2D eigenvalue weighted by molar-refractivity contribution is 0.586. The van der Waals surface area contributed by atoms with E-state index in [1.165, 1.54) is 7.05 Å². The third kappa shape index (κ3) is 3.51. The van der Waals surface area contributed by atoms with Crippen LogP contribution in [0, 0.1) is 6.92 Å². The Balaban J connectivity index is 1.68. The van der Waals surface area contributed by atoms with Gasteiger partial charge in [0.2, 0.25) is 16.0 Å². The van der Waals surface area contributed by atoms with Crippen LogP contribution in [0.3, 0.4) is 0 Å². The van der Waals surface area contributed by atoms with E-state index in [1.54, 1.807) is 24.3 Å². The van der Waals surface area contributed by atoms with Gasteiger partial charge in [0, 0.05) is 17.9 Å². The topological polar surface area (TPSA) is 102 Å². The van der Waals surface area contributed by atoms with Gasteiger partial charge in [0.25, 0.3) is 0 Å². The average molecular weight is 413 g/mol. The highest BCUT2D eigenvalue weighted by Crippen LogP contribution is 2.35. The summed E-state index contributed by atoms with van der Waals surface area (Å²) in [5.74, 6) is 1.46. The molecule has 8 nitrogen and oxygen atoms in total. The van der Waals surface area contributed by atoms with E-state index in [1.807, 2.05) is 13.1 Å². The second-order valence-corrected chi connectivity index (χ2v) is 9.23. The van der Waals surface area contributed by atoms with Gasteiger partial charge in [0.15, 0.2) is 0 Å². The van der Waals surface area contributed by atoms with E-state index in [9.17, 15) is 8.42 Å². The van der Waals surface area contributed by atoms with Gasteiger partial charge in [-0.25, -0.2) is 28.1 Å². The van der Waals surface area contributed by atoms with Gasteiger partial charge in [-0.05, 0) is 70.5 Å². The Labute approximate surface area is 170 Å². The molecule has 9 heteroatoms. The van der Waals surface area contributed by atoms with Crippen LogP contribution in [0.1, 0.15) is 37.0 Å². The largest absolute Gasteiger partial charge is 0.324 e. The van der Waals surface area contributed by atoms with Gasteiger partial charge in [0.1, 0.15) is 5.82 Å². The molecule has 2 N–H and O–H groups in total. The molecule has 3 aromatic rings. The van der Waals surface area contributed by atoms with Gasteiger partial charge in [-0.15, -0.1) is 0 Å². The number of aryl methyl sites for hydroxylation is 3. The molecule has 1 aromatic carbocycles. The minimum atomic E-state index is -3.46. The molecule has 152 valence electrons. The average Bonchev–Trinajstić information content (AvgIpc) is 3.05. The van der Waals surface area contributed by atoms with Crippen molar-refractivity contribution in [2.45, 2.75) is 44.6 Å². The number of aromatic nitrogens is 4. The smallest absolute Gasteiger partial charge is 0.240 e. The van der Waals surface area contributed by atoms with E-state index in [2.05, 4.69) is 33.4 Å². The Morgan fingerprint density at radius 3 is 2.48 bits per heavy atom. The number of fused-ring (bicyclic) bond motifs is 3. The summed E-state index contributed by atoms with van der Waals surface area (Å²) >= 11 is 0. The molecular formula is C20H24N6O2S. The SMILES string of the molecule is CNS(=O)(=O)c1ccc(Nc2ncc3c(n2)-c2c(nc(C)n2C(C)C)CC3)cc1. The van der Waals surface area contributed by atoms with E-state index in [0.29, 0.717) is 11.6 Å². The van der Waals surface area contributed by atoms with Gasteiger partial charge in [-0.2, -0.15) is 0 Å². The van der Waals surface area contributed by atoms with E-state index in [0.717, 1.165) is 41.3 Å². The zero-order valence-corrected chi connectivity index (χ0v) is 17.7. The second kappa shape index (κ2) is 7.23. The number of nitrogens with zero attached hydrogens (tertiary/aromatic N) is 4. The Kier molecular flexibility index (Phi) is 4.87. The predicted molar refractivity (Wildman–Crippen MR) is 112 cm³/mol.